The molecule has 3 rings (SSSR count). The maximum Gasteiger partial charge on any atom is 0.229 e. The third kappa shape index (κ3) is 1.64. The molecule has 0 saturated heterocycles. The number of benzene rings is 1. The normalized spacial score (nSPS) is 10.7. The predicted molar refractivity (Wildman–Crippen MR) is 67.4 cm³/mol. The average molecular weight is 239 g/mol. The lowest BCUT2D eigenvalue weighted by molar-refractivity contribution is 0.475. The fourth-order valence-corrected chi connectivity index (χ4v) is 1.81. The van der Waals surface area contributed by atoms with Gasteiger partial charge in [0, 0.05) is 6.20 Å². The molecule has 0 atom stereocenters. The van der Waals surface area contributed by atoms with Crippen LogP contribution in [0.1, 0.15) is 0 Å². The number of nitrogens with zero attached hydrogens (tertiary/aromatic N) is 1. The van der Waals surface area contributed by atoms with Crippen LogP contribution in [0.25, 0.3) is 22.2 Å². The number of rotatable bonds is 1. The van der Waals surface area contributed by atoms with E-state index in [9.17, 15) is 9.90 Å². The molecule has 0 spiro atoms. The molecular weight excluding hydrogens is 230 g/mol. The van der Waals surface area contributed by atoms with E-state index in [1.165, 1.54) is 18.4 Å². The lowest BCUT2D eigenvalue weighted by Crippen LogP contribution is -2.05. The van der Waals surface area contributed by atoms with Crippen LogP contribution in [0, 0.1) is 0 Å². The van der Waals surface area contributed by atoms with Gasteiger partial charge in [0.25, 0.3) is 0 Å². The molecule has 18 heavy (non-hydrogen) atoms. The highest BCUT2D eigenvalue weighted by molar-refractivity contribution is 5.78. The molecule has 1 aromatic carbocycles. The second-order valence-corrected chi connectivity index (χ2v) is 3.88. The lowest BCUT2D eigenvalue weighted by atomic mass is 10.1. The third-order valence-corrected chi connectivity index (χ3v) is 2.73. The molecule has 4 heteroatoms. The average Bonchev–Trinajstić information content (AvgIpc) is 2.41. The minimum atomic E-state index is -0.130. The Bertz CT molecular complexity index is 760. The van der Waals surface area contributed by atoms with E-state index in [1.54, 1.807) is 30.5 Å². The van der Waals surface area contributed by atoms with Gasteiger partial charge in [0.15, 0.2) is 0 Å². The van der Waals surface area contributed by atoms with Crippen molar-refractivity contribution >= 4 is 11.1 Å². The van der Waals surface area contributed by atoms with Gasteiger partial charge < -0.3 is 9.52 Å². The Kier molecular flexibility index (Phi) is 2.34. The molecule has 4 nitrogen and oxygen atoms in total. The lowest BCUT2D eigenvalue weighted by Gasteiger charge is -2.02. The van der Waals surface area contributed by atoms with Gasteiger partial charge >= 0.3 is 0 Å². The van der Waals surface area contributed by atoms with E-state index in [0.717, 1.165) is 0 Å². The first-order chi connectivity index (χ1) is 8.75. The molecule has 0 amide bonds. The SMILES string of the molecule is O=c1c(-c2ccc(O)cc2)coc2ncccc12. The van der Waals surface area contributed by atoms with Gasteiger partial charge in [-0.1, -0.05) is 12.1 Å². The van der Waals surface area contributed by atoms with Crippen molar-refractivity contribution in [3.05, 3.63) is 59.1 Å². The fraction of sp³-hybridized carbons (Fsp3) is 0. The monoisotopic (exact) mass is 239 g/mol. The van der Waals surface area contributed by atoms with Gasteiger partial charge in [-0.05, 0) is 29.8 Å². The van der Waals surface area contributed by atoms with Gasteiger partial charge in [0.2, 0.25) is 11.1 Å². The molecule has 88 valence electrons. The summed E-state index contributed by atoms with van der Waals surface area (Å²) in [5.74, 6) is 0.158. The summed E-state index contributed by atoms with van der Waals surface area (Å²) in [6, 6.07) is 9.77. The summed E-state index contributed by atoms with van der Waals surface area (Å²) in [7, 11) is 0. The van der Waals surface area contributed by atoms with Crippen LogP contribution in [-0.2, 0) is 0 Å². The van der Waals surface area contributed by atoms with Crippen molar-refractivity contribution in [3.63, 3.8) is 0 Å². The molecule has 0 bridgehead atoms. The minimum absolute atomic E-state index is 0.130. The van der Waals surface area contributed by atoms with Crippen molar-refractivity contribution in [1.29, 1.82) is 0 Å². The topological polar surface area (TPSA) is 63.3 Å². The zero-order valence-electron chi connectivity index (χ0n) is 9.33. The standard InChI is InChI=1S/C14H9NO3/c16-10-5-3-9(4-6-10)12-8-18-14-11(13(12)17)2-1-7-15-14/h1-8,16H. The fourth-order valence-electron chi connectivity index (χ4n) is 1.81. The molecule has 2 aromatic heterocycles. The van der Waals surface area contributed by atoms with E-state index in [1.807, 2.05) is 0 Å². The van der Waals surface area contributed by atoms with Crippen LogP contribution in [-0.4, -0.2) is 10.1 Å². The second-order valence-electron chi connectivity index (χ2n) is 3.88. The number of pyridine rings is 1. The van der Waals surface area contributed by atoms with E-state index >= 15 is 0 Å². The minimum Gasteiger partial charge on any atom is -0.508 e. The first-order valence-electron chi connectivity index (χ1n) is 5.41. The molecule has 2 heterocycles. The van der Waals surface area contributed by atoms with E-state index in [-0.39, 0.29) is 11.2 Å². The van der Waals surface area contributed by atoms with Crippen LogP contribution >= 0.6 is 0 Å². The van der Waals surface area contributed by atoms with Crippen LogP contribution in [0.3, 0.4) is 0 Å². The Morgan fingerprint density at radius 2 is 1.89 bits per heavy atom. The molecule has 0 aliphatic carbocycles. The van der Waals surface area contributed by atoms with Crippen LogP contribution in [0.5, 0.6) is 5.75 Å². The Balaban J connectivity index is 2.27. The van der Waals surface area contributed by atoms with E-state index in [2.05, 4.69) is 4.98 Å². The van der Waals surface area contributed by atoms with Crippen LogP contribution in [0.15, 0.2) is 58.1 Å². The van der Waals surface area contributed by atoms with E-state index in [0.29, 0.717) is 22.2 Å². The van der Waals surface area contributed by atoms with Crippen molar-refractivity contribution in [1.82, 2.24) is 4.98 Å². The van der Waals surface area contributed by atoms with Gasteiger partial charge in [-0.3, -0.25) is 4.79 Å². The summed E-state index contributed by atoms with van der Waals surface area (Å²) in [6.45, 7) is 0. The number of hydrogen-bond acceptors (Lipinski definition) is 4. The van der Waals surface area contributed by atoms with Crippen molar-refractivity contribution < 1.29 is 9.52 Å². The molecular formula is C14H9NO3. The Labute approximate surface area is 102 Å². The zero-order valence-corrected chi connectivity index (χ0v) is 9.33. The zero-order chi connectivity index (χ0) is 12.5. The molecule has 3 aromatic rings. The number of fused-ring (bicyclic) bond motifs is 1. The highest BCUT2D eigenvalue weighted by atomic mass is 16.3. The molecule has 1 N–H and O–H groups in total. The van der Waals surface area contributed by atoms with Gasteiger partial charge in [-0.25, -0.2) is 4.98 Å². The maximum absolute atomic E-state index is 12.3. The van der Waals surface area contributed by atoms with Gasteiger partial charge in [-0.2, -0.15) is 0 Å². The summed E-state index contributed by atoms with van der Waals surface area (Å²) in [4.78, 5) is 16.2. The molecule has 0 fully saturated rings. The molecule has 0 aliphatic rings. The first-order valence-corrected chi connectivity index (χ1v) is 5.41. The summed E-state index contributed by atoms with van der Waals surface area (Å²) in [5, 5.41) is 9.68. The number of aromatic nitrogens is 1. The Morgan fingerprint density at radius 3 is 2.67 bits per heavy atom. The van der Waals surface area contributed by atoms with Crippen LogP contribution in [0.2, 0.25) is 0 Å². The van der Waals surface area contributed by atoms with Gasteiger partial charge in [0.1, 0.15) is 12.0 Å². The largest absolute Gasteiger partial charge is 0.508 e. The summed E-state index contributed by atoms with van der Waals surface area (Å²) in [6.07, 6.45) is 2.97. The third-order valence-electron chi connectivity index (χ3n) is 2.73. The Hall–Kier alpha value is -2.62. The summed E-state index contributed by atoms with van der Waals surface area (Å²) < 4.78 is 5.33. The summed E-state index contributed by atoms with van der Waals surface area (Å²) >= 11 is 0. The van der Waals surface area contributed by atoms with Crippen molar-refractivity contribution in [2.24, 2.45) is 0 Å². The number of aromatic hydroxyl groups is 1. The number of hydrogen-bond donors (Lipinski definition) is 1. The van der Waals surface area contributed by atoms with Gasteiger partial charge in [-0.15, -0.1) is 0 Å². The summed E-state index contributed by atoms with van der Waals surface area (Å²) in [5.41, 5.74) is 1.35. The van der Waals surface area contributed by atoms with Crippen molar-refractivity contribution in [2.75, 3.05) is 0 Å². The number of phenolic OH excluding ortho intramolecular Hbond substituents is 1. The number of phenols is 1. The maximum atomic E-state index is 12.3. The molecule has 0 aliphatic heterocycles. The molecule has 0 unspecified atom stereocenters. The molecule has 0 radical (unpaired) electrons. The van der Waals surface area contributed by atoms with Crippen molar-refractivity contribution in [3.8, 4) is 16.9 Å². The van der Waals surface area contributed by atoms with Crippen molar-refractivity contribution in [2.45, 2.75) is 0 Å². The Morgan fingerprint density at radius 1 is 1.11 bits per heavy atom. The molecule has 0 saturated carbocycles. The second kappa shape index (κ2) is 4.00. The van der Waals surface area contributed by atoms with Crippen LogP contribution < -0.4 is 5.43 Å². The smallest absolute Gasteiger partial charge is 0.229 e. The van der Waals surface area contributed by atoms with Crippen LogP contribution in [0.4, 0.5) is 0 Å². The predicted octanol–water partition coefficient (Wildman–Crippen LogP) is 2.56. The van der Waals surface area contributed by atoms with E-state index < -0.39 is 0 Å². The first kappa shape index (κ1) is 10.5. The highest BCUT2D eigenvalue weighted by Gasteiger charge is 2.09. The quantitative estimate of drug-likeness (QED) is 0.708. The van der Waals surface area contributed by atoms with E-state index in [4.69, 9.17) is 4.42 Å². The highest BCUT2D eigenvalue weighted by Crippen LogP contribution is 2.20. The van der Waals surface area contributed by atoms with Gasteiger partial charge in [0.05, 0.1) is 10.9 Å².